The van der Waals surface area contributed by atoms with Gasteiger partial charge in [0, 0.05) is 18.1 Å². The van der Waals surface area contributed by atoms with Crippen LogP contribution in [0.5, 0.6) is 0 Å². The van der Waals surface area contributed by atoms with E-state index in [0.717, 1.165) is 10.6 Å². The topological polar surface area (TPSA) is 84.4 Å². The van der Waals surface area contributed by atoms with Crippen molar-refractivity contribution in [2.24, 2.45) is 10.9 Å². The number of rotatable bonds is 4. The monoisotopic (exact) mass is 294 g/mol. The molecule has 7 heteroatoms. The Morgan fingerprint density at radius 2 is 2.21 bits per heavy atom. The first-order valence-electron chi connectivity index (χ1n) is 5.37. The Morgan fingerprint density at radius 3 is 2.89 bits per heavy atom. The summed E-state index contributed by atoms with van der Waals surface area (Å²) in [7, 11) is 0. The molecule has 0 unspecified atom stereocenters. The van der Waals surface area contributed by atoms with E-state index in [1.54, 1.807) is 24.5 Å². The van der Waals surface area contributed by atoms with Crippen LogP contribution in [-0.4, -0.2) is 21.0 Å². The highest BCUT2D eigenvalue weighted by atomic mass is 35.5. The summed E-state index contributed by atoms with van der Waals surface area (Å²) in [5, 5.41) is 13.1. The number of pyridine rings is 2. The summed E-state index contributed by atoms with van der Waals surface area (Å²) < 4.78 is 0. The fourth-order valence-corrected chi connectivity index (χ4v) is 2.37. The lowest BCUT2D eigenvalue weighted by atomic mass is 10.2. The minimum absolute atomic E-state index is 0.000246. The SMILES string of the molecule is NC(=NO)c1ncccc1CSc1ccc(Cl)cn1. The fraction of sp³-hybridized carbons (Fsp3) is 0.0833. The van der Waals surface area contributed by atoms with E-state index in [1.165, 1.54) is 11.8 Å². The van der Waals surface area contributed by atoms with Crippen LogP contribution >= 0.6 is 23.4 Å². The first-order valence-corrected chi connectivity index (χ1v) is 6.73. The second-order valence-electron chi connectivity index (χ2n) is 3.60. The van der Waals surface area contributed by atoms with Crippen LogP contribution in [0.3, 0.4) is 0 Å². The standard InChI is InChI=1S/C12H11ClN4OS/c13-9-3-4-10(16-6-9)19-7-8-2-1-5-15-11(8)12(14)17-18/h1-6,18H,7H2,(H2,14,17). The molecule has 0 aromatic carbocycles. The van der Waals surface area contributed by atoms with E-state index >= 15 is 0 Å². The van der Waals surface area contributed by atoms with Gasteiger partial charge in [0.25, 0.3) is 0 Å². The molecule has 0 bridgehead atoms. The van der Waals surface area contributed by atoms with E-state index < -0.39 is 0 Å². The summed E-state index contributed by atoms with van der Waals surface area (Å²) in [6, 6.07) is 7.31. The Bertz CT molecular complexity index is 589. The van der Waals surface area contributed by atoms with Gasteiger partial charge >= 0.3 is 0 Å². The smallest absolute Gasteiger partial charge is 0.189 e. The van der Waals surface area contributed by atoms with Gasteiger partial charge in [-0.3, -0.25) is 4.98 Å². The van der Waals surface area contributed by atoms with Crippen LogP contribution in [0, 0.1) is 0 Å². The van der Waals surface area contributed by atoms with Gasteiger partial charge in [0.15, 0.2) is 5.84 Å². The van der Waals surface area contributed by atoms with E-state index in [1.807, 2.05) is 12.1 Å². The van der Waals surface area contributed by atoms with Gasteiger partial charge in [-0.1, -0.05) is 22.8 Å². The zero-order chi connectivity index (χ0) is 13.7. The predicted octanol–water partition coefficient (Wildman–Crippen LogP) is 2.52. The molecule has 98 valence electrons. The lowest BCUT2D eigenvalue weighted by Gasteiger charge is -2.06. The third-order valence-corrected chi connectivity index (χ3v) is 3.53. The van der Waals surface area contributed by atoms with Gasteiger partial charge in [-0.2, -0.15) is 0 Å². The molecule has 0 aliphatic carbocycles. The Morgan fingerprint density at radius 1 is 1.37 bits per heavy atom. The Balaban J connectivity index is 2.13. The van der Waals surface area contributed by atoms with Crippen molar-refractivity contribution >= 4 is 29.2 Å². The van der Waals surface area contributed by atoms with Crippen molar-refractivity contribution in [3.05, 3.63) is 52.9 Å². The molecule has 0 saturated heterocycles. The maximum Gasteiger partial charge on any atom is 0.189 e. The summed E-state index contributed by atoms with van der Waals surface area (Å²) in [5.41, 5.74) is 6.93. The molecule has 2 heterocycles. The van der Waals surface area contributed by atoms with E-state index in [-0.39, 0.29) is 5.84 Å². The fourth-order valence-electron chi connectivity index (χ4n) is 1.43. The minimum Gasteiger partial charge on any atom is -0.409 e. The quantitative estimate of drug-likeness (QED) is 0.298. The van der Waals surface area contributed by atoms with Crippen LogP contribution in [0.15, 0.2) is 46.8 Å². The third-order valence-electron chi connectivity index (χ3n) is 2.32. The lowest BCUT2D eigenvalue weighted by molar-refractivity contribution is 0.318. The van der Waals surface area contributed by atoms with E-state index in [9.17, 15) is 0 Å². The normalized spacial score (nSPS) is 11.5. The predicted molar refractivity (Wildman–Crippen MR) is 75.6 cm³/mol. The Hall–Kier alpha value is -1.79. The van der Waals surface area contributed by atoms with Gasteiger partial charge in [0.2, 0.25) is 0 Å². The molecule has 0 spiro atoms. The molecule has 3 N–H and O–H groups in total. The molecule has 2 aromatic rings. The van der Waals surface area contributed by atoms with Crippen LogP contribution in [0.4, 0.5) is 0 Å². The lowest BCUT2D eigenvalue weighted by Crippen LogP contribution is -2.17. The molecule has 2 rings (SSSR count). The molecule has 0 fully saturated rings. The van der Waals surface area contributed by atoms with Crippen LogP contribution in [0.1, 0.15) is 11.3 Å². The zero-order valence-electron chi connectivity index (χ0n) is 9.82. The Kier molecular flexibility index (Phi) is 4.59. The number of hydrogen-bond donors (Lipinski definition) is 2. The molecule has 0 aliphatic heterocycles. The molecular weight excluding hydrogens is 284 g/mol. The molecule has 2 aromatic heterocycles. The molecule has 0 aliphatic rings. The van der Waals surface area contributed by atoms with Crippen LogP contribution in [0.25, 0.3) is 0 Å². The highest BCUT2D eigenvalue weighted by molar-refractivity contribution is 7.98. The molecule has 19 heavy (non-hydrogen) atoms. The average Bonchev–Trinajstić information content (AvgIpc) is 2.46. The van der Waals surface area contributed by atoms with Gasteiger partial charge < -0.3 is 10.9 Å². The summed E-state index contributed by atoms with van der Waals surface area (Å²) >= 11 is 7.29. The number of amidine groups is 1. The number of thioether (sulfide) groups is 1. The van der Waals surface area contributed by atoms with Crippen molar-refractivity contribution in [1.29, 1.82) is 0 Å². The van der Waals surface area contributed by atoms with Crippen LogP contribution < -0.4 is 5.73 Å². The minimum atomic E-state index is 0.000246. The maximum atomic E-state index is 8.72. The van der Waals surface area contributed by atoms with E-state index in [2.05, 4.69) is 15.1 Å². The van der Waals surface area contributed by atoms with Crippen molar-refractivity contribution in [3.63, 3.8) is 0 Å². The molecule has 0 atom stereocenters. The van der Waals surface area contributed by atoms with Crippen molar-refractivity contribution < 1.29 is 5.21 Å². The highest BCUT2D eigenvalue weighted by Gasteiger charge is 2.08. The van der Waals surface area contributed by atoms with Crippen LogP contribution in [-0.2, 0) is 5.75 Å². The maximum absolute atomic E-state index is 8.72. The summed E-state index contributed by atoms with van der Waals surface area (Å²) in [6.45, 7) is 0. The van der Waals surface area contributed by atoms with E-state index in [0.29, 0.717) is 16.5 Å². The average molecular weight is 295 g/mol. The number of nitrogens with zero attached hydrogens (tertiary/aromatic N) is 3. The second-order valence-corrected chi connectivity index (χ2v) is 5.03. The number of hydrogen-bond acceptors (Lipinski definition) is 5. The third kappa shape index (κ3) is 3.59. The first kappa shape index (κ1) is 13.6. The zero-order valence-corrected chi connectivity index (χ0v) is 11.4. The molecule has 5 nitrogen and oxygen atoms in total. The van der Waals surface area contributed by atoms with Crippen molar-refractivity contribution in [3.8, 4) is 0 Å². The van der Waals surface area contributed by atoms with Gasteiger partial charge in [0.1, 0.15) is 5.69 Å². The van der Waals surface area contributed by atoms with Crippen LogP contribution in [0.2, 0.25) is 5.02 Å². The molecular formula is C12H11ClN4OS. The van der Waals surface area contributed by atoms with Crippen molar-refractivity contribution in [1.82, 2.24) is 9.97 Å². The number of halogens is 1. The number of oxime groups is 1. The van der Waals surface area contributed by atoms with Gasteiger partial charge in [-0.25, -0.2) is 4.98 Å². The molecule has 0 saturated carbocycles. The second kappa shape index (κ2) is 6.40. The Labute approximate surface area is 119 Å². The first-order chi connectivity index (χ1) is 9.20. The largest absolute Gasteiger partial charge is 0.409 e. The van der Waals surface area contributed by atoms with E-state index in [4.69, 9.17) is 22.5 Å². The van der Waals surface area contributed by atoms with Gasteiger partial charge in [-0.15, -0.1) is 11.8 Å². The highest BCUT2D eigenvalue weighted by Crippen LogP contribution is 2.22. The van der Waals surface area contributed by atoms with Crippen molar-refractivity contribution in [2.45, 2.75) is 10.8 Å². The van der Waals surface area contributed by atoms with Crippen molar-refractivity contribution in [2.75, 3.05) is 0 Å². The number of nitrogens with two attached hydrogens (primary N) is 1. The van der Waals surface area contributed by atoms with Gasteiger partial charge in [0.05, 0.1) is 10.0 Å². The molecule has 0 radical (unpaired) electrons. The van der Waals surface area contributed by atoms with Gasteiger partial charge in [-0.05, 0) is 23.8 Å². The number of aromatic nitrogens is 2. The summed E-state index contributed by atoms with van der Waals surface area (Å²) in [6.07, 6.45) is 3.19. The summed E-state index contributed by atoms with van der Waals surface area (Å²) in [5.74, 6) is 0.619. The molecule has 0 amide bonds. The summed E-state index contributed by atoms with van der Waals surface area (Å²) in [4.78, 5) is 8.29.